The monoisotopic (exact) mass is 246 g/mol. The van der Waals surface area contributed by atoms with E-state index in [9.17, 15) is 0 Å². The van der Waals surface area contributed by atoms with E-state index in [0.29, 0.717) is 6.04 Å². The number of aryl methyl sites for hydroxylation is 1. The predicted molar refractivity (Wildman–Crippen MR) is 76.5 cm³/mol. The molecule has 0 radical (unpaired) electrons. The third-order valence-electron chi connectivity index (χ3n) is 4.53. The Morgan fingerprint density at radius 3 is 2.94 bits per heavy atom. The van der Waals surface area contributed by atoms with Gasteiger partial charge in [-0.1, -0.05) is 32.3 Å². The third-order valence-corrected chi connectivity index (χ3v) is 4.53. The maximum Gasteiger partial charge on any atom is 0.0604 e. The molecule has 3 atom stereocenters. The van der Waals surface area contributed by atoms with E-state index in [2.05, 4.69) is 37.3 Å². The highest BCUT2D eigenvalue weighted by atomic mass is 14.9. The number of nitrogens with one attached hydrogen (secondary N) is 1. The van der Waals surface area contributed by atoms with Gasteiger partial charge in [-0.3, -0.25) is 4.98 Å². The minimum absolute atomic E-state index is 0.431. The molecule has 0 aliphatic heterocycles. The normalized spacial score (nSPS) is 25.9. The van der Waals surface area contributed by atoms with Gasteiger partial charge in [-0.2, -0.15) is 0 Å². The Morgan fingerprint density at radius 1 is 1.44 bits per heavy atom. The van der Waals surface area contributed by atoms with Crippen LogP contribution in [0, 0.1) is 18.8 Å². The topological polar surface area (TPSA) is 24.9 Å². The van der Waals surface area contributed by atoms with Crippen molar-refractivity contribution in [3.05, 3.63) is 29.6 Å². The molecule has 2 rings (SSSR count). The average Bonchev–Trinajstić information content (AvgIpc) is 2.42. The highest BCUT2D eigenvalue weighted by Gasteiger charge is 2.29. The molecular weight excluding hydrogens is 220 g/mol. The zero-order valence-corrected chi connectivity index (χ0v) is 11.9. The Hall–Kier alpha value is -0.890. The van der Waals surface area contributed by atoms with E-state index in [-0.39, 0.29) is 0 Å². The van der Waals surface area contributed by atoms with Crippen LogP contribution in [-0.2, 0) is 0 Å². The first-order valence-electron chi connectivity index (χ1n) is 7.35. The van der Waals surface area contributed by atoms with E-state index in [1.165, 1.54) is 43.4 Å². The fraction of sp³-hybridized carbons (Fsp3) is 0.688. The van der Waals surface area contributed by atoms with E-state index in [1.54, 1.807) is 0 Å². The van der Waals surface area contributed by atoms with Crippen LogP contribution in [0.5, 0.6) is 0 Å². The van der Waals surface area contributed by atoms with Crippen LogP contribution < -0.4 is 5.32 Å². The Morgan fingerprint density at radius 2 is 2.28 bits per heavy atom. The molecule has 1 N–H and O–H groups in total. The third kappa shape index (κ3) is 2.92. The molecule has 1 fully saturated rings. The second kappa shape index (κ2) is 6.33. The van der Waals surface area contributed by atoms with Gasteiger partial charge in [0.2, 0.25) is 0 Å². The number of hydrogen-bond acceptors (Lipinski definition) is 2. The van der Waals surface area contributed by atoms with E-state index in [1.807, 2.05) is 12.3 Å². The van der Waals surface area contributed by atoms with Crippen molar-refractivity contribution >= 4 is 0 Å². The summed E-state index contributed by atoms with van der Waals surface area (Å²) in [5, 5.41) is 3.51. The quantitative estimate of drug-likeness (QED) is 0.872. The first-order valence-corrected chi connectivity index (χ1v) is 7.35. The van der Waals surface area contributed by atoms with E-state index in [4.69, 9.17) is 0 Å². The second-order valence-corrected chi connectivity index (χ2v) is 5.67. The molecule has 2 heteroatoms. The Labute approximate surface area is 111 Å². The van der Waals surface area contributed by atoms with E-state index < -0.39 is 0 Å². The van der Waals surface area contributed by atoms with Gasteiger partial charge < -0.3 is 5.32 Å². The van der Waals surface area contributed by atoms with Crippen molar-refractivity contribution < 1.29 is 0 Å². The lowest BCUT2D eigenvalue weighted by molar-refractivity contribution is 0.212. The minimum Gasteiger partial charge on any atom is -0.311 e. The fourth-order valence-corrected chi connectivity index (χ4v) is 3.43. The predicted octanol–water partition coefficient (Wildman–Crippen LogP) is 3.87. The number of aromatic nitrogens is 1. The molecule has 0 saturated heterocycles. The SMILES string of the molecule is CCC1CCCC(C(NC)c2ncccc2C)C1. The van der Waals surface area contributed by atoms with Crippen molar-refractivity contribution in [2.75, 3.05) is 7.05 Å². The summed E-state index contributed by atoms with van der Waals surface area (Å²) < 4.78 is 0. The summed E-state index contributed by atoms with van der Waals surface area (Å²) in [6.45, 7) is 4.50. The van der Waals surface area contributed by atoms with Crippen molar-refractivity contribution in [1.29, 1.82) is 0 Å². The van der Waals surface area contributed by atoms with Gasteiger partial charge in [-0.25, -0.2) is 0 Å². The van der Waals surface area contributed by atoms with Gasteiger partial charge in [0.25, 0.3) is 0 Å². The zero-order valence-electron chi connectivity index (χ0n) is 11.9. The second-order valence-electron chi connectivity index (χ2n) is 5.67. The molecule has 0 aromatic carbocycles. The van der Waals surface area contributed by atoms with Gasteiger partial charge in [-0.05, 0) is 50.3 Å². The Kier molecular flexibility index (Phi) is 4.76. The van der Waals surface area contributed by atoms with E-state index >= 15 is 0 Å². The summed E-state index contributed by atoms with van der Waals surface area (Å²) in [5.41, 5.74) is 2.57. The summed E-state index contributed by atoms with van der Waals surface area (Å²) in [7, 11) is 2.08. The highest BCUT2D eigenvalue weighted by molar-refractivity contribution is 5.21. The lowest BCUT2D eigenvalue weighted by Crippen LogP contribution is -2.30. The molecule has 0 amide bonds. The molecule has 18 heavy (non-hydrogen) atoms. The van der Waals surface area contributed by atoms with Crippen LogP contribution in [0.3, 0.4) is 0 Å². The summed E-state index contributed by atoms with van der Waals surface area (Å²) in [6.07, 6.45) is 8.76. The average molecular weight is 246 g/mol. The first kappa shape index (κ1) is 13.5. The molecule has 1 aromatic heterocycles. The molecule has 1 aliphatic rings. The van der Waals surface area contributed by atoms with Gasteiger partial charge in [0, 0.05) is 6.20 Å². The van der Waals surface area contributed by atoms with Gasteiger partial charge in [0.05, 0.1) is 11.7 Å². The molecule has 1 heterocycles. The van der Waals surface area contributed by atoms with Crippen LogP contribution >= 0.6 is 0 Å². The lowest BCUT2D eigenvalue weighted by atomic mass is 9.75. The molecule has 0 bridgehead atoms. The Balaban J connectivity index is 2.15. The van der Waals surface area contributed by atoms with Crippen molar-refractivity contribution in [2.24, 2.45) is 11.8 Å². The van der Waals surface area contributed by atoms with Crippen molar-refractivity contribution in [1.82, 2.24) is 10.3 Å². The molecule has 1 aromatic rings. The van der Waals surface area contributed by atoms with Crippen molar-refractivity contribution in [2.45, 2.75) is 52.0 Å². The van der Waals surface area contributed by atoms with Crippen LogP contribution in [0.15, 0.2) is 18.3 Å². The zero-order chi connectivity index (χ0) is 13.0. The molecule has 2 nitrogen and oxygen atoms in total. The summed E-state index contributed by atoms with van der Waals surface area (Å²) >= 11 is 0. The van der Waals surface area contributed by atoms with Gasteiger partial charge in [-0.15, -0.1) is 0 Å². The number of rotatable bonds is 4. The van der Waals surface area contributed by atoms with Crippen LogP contribution in [-0.4, -0.2) is 12.0 Å². The van der Waals surface area contributed by atoms with Gasteiger partial charge in [0.1, 0.15) is 0 Å². The fourth-order valence-electron chi connectivity index (χ4n) is 3.43. The summed E-state index contributed by atoms with van der Waals surface area (Å²) in [4.78, 5) is 4.61. The molecule has 1 saturated carbocycles. The maximum absolute atomic E-state index is 4.61. The summed E-state index contributed by atoms with van der Waals surface area (Å²) in [6, 6.07) is 4.63. The standard InChI is InChI=1S/C16H26N2/c1-4-13-8-5-9-14(11-13)16(17-3)15-12(2)7-6-10-18-15/h6-7,10,13-14,16-17H,4-5,8-9,11H2,1-3H3. The lowest BCUT2D eigenvalue weighted by Gasteiger charge is -2.34. The minimum atomic E-state index is 0.431. The van der Waals surface area contributed by atoms with Crippen molar-refractivity contribution in [3.63, 3.8) is 0 Å². The maximum atomic E-state index is 4.61. The van der Waals surface area contributed by atoms with Crippen LogP contribution in [0.1, 0.15) is 56.3 Å². The first-order chi connectivity index (χ1) is 8.76. The van der Waals surface area contributed by atoms with Crippen molar-refractivity contribution in [3.8, 4) is 0 Å². The van der Waals surface area contributed by atoms with Gasteiger partial charge >= 0.3 is 0 Å². The van der Waals surface area contributed by atoms with Crippen LogP contribution in [0.25, 0.3) is 0 Å². The van der Waals surface area contributed by atoms with Gasteiger partial charge in [0.15, 0.2) is 0 Å². The number of pyridine rings is 1. The van der Waals surface area contributed by atoms with Crippen LogP contribution in [0.2, 0.25) is 0 Å². The molecule has 3 unspecified atom stereocenters. The highest BCUT2D eigenvalue weighted by Crippen LogP contribution is 2.38. The molecule has 100 valence electrons. The van der Waals surface area contributed by atoms with E-state index in [0.717, 1.165) is 11.8 Å². The number of nitrogens with zero attached hydrogens (tertiary/aromatic N) is 1. The molecular formula is C16H26N2. The smallest absolute Gasteiger partial charge is 0.0604 e. The largest absolute Gasteiger partial charge is 0.311 e. The molecule has 1 aliphatic carbocycles. The van der Waals surface area contributed by atoms with Crippen LogP contribution in [0.4, 0.5) is 0 Å². The number of hydrogen-bond donors (Lipinski definition) is 1. The summed E-state index contributed by atoms with van der Waals surface area (Å²) in [5.74, 6) is 1.67. The Bertz CT molecular complexity index is 375. The molecule has 0 spiro atoms.